The normalized spacial score (nSPS) is 10.7. The summed E-state index contributed by atoms with van der Waals surface area (Å²) >= 11 is 0. The molecule has 5 nitrogen and oxygen atoms in total. The Balaban J connectivity index is 2.10. The van der Waals surface area contributed by atoms with E-state index in [2.05, 4.69) is 16.6 Å². The maximum atomic E-state index is 10.7. The summed E-state index contributed by atoms with van der Waals surface area (Å²) in [5.41, 5.74) is 6.76. The predicted octanol–water partition coefficient (Wildman–Crippen LogP) is 3.66. The second kappa shape index (κ2) is 5.97. The van der Waals surface area contributed by atoms with E-state index in [1.54, 1.807) is 18.3 Å². The first-order valence-corrected chi connectivity index (χ1v) is 6.17. The minimum atomic E-state index is -0.432. The van der Waals surface area contributed by atoms with Gasteiger partial charge in [-0.15, -0.1) is 0 Å². The molecule has 0 heterocycles. The smallest absolute Gasteiger partial charge is 0.271 e. The summed E-state index contributed by atoms with van der Waals surface area (Å²) in [6, 6.07) is 12.3. The zero-order valence-corrected chi connectivity index (χ0v) is 11.3. The van der Waals surface area contributed by atoms with Crippen LogP contribution in [0.2, 0.25) is 0 Å². The number of nitro benzene ring substituents is 1. The number of nitrogens with zero attached hydrogens (tertiary/aromatic N) is 2. The van der Waals surface area contributed by atoms with Gasteiger partial charge in [0.05, 0.1) is 16.8 Å². The Morgan fingerprint density at radius 2 is 2.00 bits per heavy atom. The van der Waals surface area contributed by atoms with Crippen molar-refractivity contribution in [3.63, 3.8) is 0 Å². The van der Waals surface area contributed by atoms with Crippen LogP contribution in [-0.4, -0.2) is 11.1 Å². The van der Waals surface area contributed by atoms with Crippen molar-refractivity contribution in [3.05, 3.63) is 69.3 Å². The van der Waals surface area contributed by atoms with Crippen molar-refractivity contribution in [1.82, 2.24) is 0 Å². The summed E-state index contributed by atoms with van der Waals surface area (Å²) in [5, 5.41) is 14.8. The maximum Gasteiger partial charge on any atom is 0.271 e. The van der Waals surface area contributed by atoms with Crippen LogP contribution in [-0.2, 0) is 0 Å². The second-order valence-corrected chi connectivity index (χ2v) is 4.54. The minimum Gasteiger partial charge on any atom is -0.278 e. The van der Waals surface area contributed by atoms with Crippen molar-refractivity contribution < 1.29 is 4.92 Å². The fourth-order valence-corrected chi connectivity index (χ4v) is 1.84. The van der Waals surface area contributed by atoms with Crippen molar-refractivity contribution in [2.45, 2.75) is 13.8 Å². The predicted molar refractivity (Wildman–Crippen MR) is 80.2 cm³/mol. The number of rotatable bonds is 4. The summed E-state index contributed by atoms with van der Waals surface area (Å²) in [7, 11) is 0. The van der Waals surface area contributed by atoms with E-state index in [9.17, 15) is 10.1 Å². The fraction of sp³-hybridized carbons (Fsp3) is 0.133. The third-order valence-corrected chi connectivity index (χ3v) is 2.88. The van der Waals surface area contributed by atoms with E-state index in [4.69, 9.17) is 0 Å². The van der Waals surface area contributed by atoms with Gasteiger partial charge in [-0.1, -0.05) is 29.8 Å². The van der Waals surface area contributed by atoms with Gasteiger partial charge in [-0.05, 0) is 31.0 Å². The van der Waals surface area contributed by atoms with Crippen LogP contribution < -0.4 is 5.43 Å². The van der Waals surface area contributed by atoms with Crippen LogP contribution in [0.1, 0.15) is 16.7 Å². The molecule has 0 aliphatic carbocycles. The molecular formula is C15H15N3O2. The lowest BCUT2D eigenvalue weighted by Crippen LogP contribution is -1.94. The Morgan fingerprint density at radius 1 is 1.20 bits per heavy atom. The van der Waals surface area contributed by atoms with Crippen LogP contribution >= 0.6 is 0 Å². The average Bonchev–Trinajstić information content (AvgIpc) is 2.41. The van der Waals surface area contributed by atoms with Crippen LogP contribution in [0.5, 0.6) is 0 Å². The van der Waals surface area contributed by atoms with E-state index in [0.717, 1.165) is 11.1 Å². The van der Waals surface area contributed by atoms with Crippen LogP contribution in [0.15, 0.2) is 47.6 Å². The number of non-ortho nitro benzene ring substituents is 1. The molecule has 1 N–H and O–H groups in total. The van der Waals surface area contributed by atoms with E-state index in [0.29, 0.717) is 5.69 Å². The van der Waals surface area contributed by atoms with Gasteiger partial charge < -0.3 is 0 Å². The monoisotopic (exact) mass is 269 g/mol. The minimum absolute atomic E-state index is 0.0386. The lowest BCUT2D eigenvalue weighted by Gasteiger charge is -2.02. The molecule has 20 heavy (non-hydrogen) atoms. The Hall–Kier alpha value is -2.69. The van der Waals surface area contributed by atoms with Gasteiger partial charge in [0.2, 0.25) is 0 Å². The van der Waals surface area contributed by atoms with E-state index in [1.807, 2.05) is 26.0 Å². The lowest BCUT2D eigenvalue weighted by atomic mass is 10.1. The van der Waals surface area contributed by atoms with Gasteiger partial charge >= 0.3 is 0 Å². The number of nitrogens with one attached hydrogen (secondary N) is 1. The van der Waals surface area contributed by atoms with Gasteiger partial charge in [-0.3, -0.25) is 15.5 Å². The highest BCUT2D eigenvalue weighted by Crippen LogP contribution is 2.17. The van der Waals surface area contributed by atoms with Crippen molar-refractivity contribution in [2.75, 3.05) is 5.43 Å². The molecule has 0 unspecified atom stereocenters. The molecule has 0 bridgehead atoms. The third-order valence-electron chi connectivity index (χ3n) is 2.88. The van der Waals surface area contributed by atoms with Crippen LogP contribution in [0.3, 0.4) is 0 Å². The number of hydrogen-bond acceptors (Lipinski definition) is 4. The summed E-state index contributed by atoms with van der Waals surface area (Å²) < 4.78 is 0. The Bertz CT molecular complexity index is 666. The first-order chi connectivity index (χ1) is 9.56. The molecule has 5 heteroatoms. The first-order valence-electron chi connectivity index (χ1n) is 6.17. The standard InChI is InChI=1S/C15H15N3O2/c1-11-6-7-13(12(2)8-11)10-16-17-14-4-3-5-15(9-14)18(19)20/h3-10,17H,1-2H3. The zero-order chi connectivity index (χ0) is 14.5. The molecule has 0 amide bonds. The molecule has 0 aliphatic heterocycles. The molecule has 0 atom stereocenters. The molecule has 2 aromatic carbocycles. The number of benzene rings is 2. The zero-order valence-electron chi connectivity index (χ0n) is 11.3. The van der Waals surface area contributed by atoms with Gasteiger partial charge in [0, 0.05) is 12.1 Å². The number of anilines is 1. The third kappa shape index (κ3) is 3.41. The summed E-state index contributed by atoms with van der Waals surface area (Å²) in [6.07, 6.45) is 1.70. The Labute approximate surface area is 117 Å². The molecule has 0 aliphatic rings. The summed E-state index contributed by atoms with van der Waals surface area (Å²) in [4.78, 5) is 10.2. The molecule has 0 saturated carbocycles. The molecule has 0 aromatic heterocycles. The topological polar surface area (TPSA) is 67.5 Å². The van der Waals surface area contributed by atoms with Gasteiger partial charge in [0.25, 0.3) is 5.69 Å². The second-order valence-electron chi connectivity index (χ2n) is 4.54. The molecular weight excluding hydrogens is 254 g/mol. The lowest BCUT2D eigenvalue weighted by molar-refractivity contribution is -0.384. The summed E-state index contributed by atoms with van der Waals surface area (Å²) in [6.45, 7) is 4.05. The Kier molecular flexibility index (Phi) is 4.10. The average molecular weight is 269 g/mol. The van der Waals surface area contributed by atoms with Crippen LogP contribution in [0, 0.1) is 24.0 Å². The van der Waals surface area contributed by atoms with Crippen molar-refractivity contribution >= 4 is 17.6 Å². The largest absolute Gasteiger partial charge is 0.278 e. The molecule has 0 fully saturated rings. The van der Waals surface area contributed by atoms with Crippen LogP contribution in [0.4, 0.5) is 11.4 Å². The summed E-state index contributed by atoms with van der Waals surface area (Å²) in [5.74, 6) is 0. The van der Waals surface area contributed by atoms with Gasteiger partial charge in [-0.25, -0.2) is 0 Å². The number of aryl methyl sites for hydroxylation is 2. The number of hydrogen-bond donors (Lipinski definition) is 1. The van der Waals surface area contributed by atoms with E-state index in [-0.39, 0.29) is 5.69 Å². The first kappa shape index (κ1) is 13.7. The number of hydrazone groups is 1. The molecule has 0 saturated heterocycles. The fourth-order valence-electron chi connectivity index (χ4n) is 1.84. The molecule has 102 valence electrons. The van der Waals surface area contributed by atoms with E-state index in [1.165, 1.54) is 17.7 Å². The number of nitro groups is 1. The highest BCUT2D eigenvalue weighted by Gasteiger charge is 2.04. The van der Waals surface area contributed by atoms with Gasteiger partial charge in [0.1, 0.15) is 0 Å². The highest BCUT2D eigenvalue weighted by molar-refractivity contribution is 5.82. The van der Waals surface area contributed by atoms with Crippen molar-refractivity contribution in [2.24, 2.45) is 5.10 Å². The van der Waals surface area contributed by atoms with Crippen molar-refractivity contribution in [3.8, 4) is 0 Å². The maximum absolute atomic E-state index is 10.7. The molecule has 2 aromatic rings. The Morgan fingerprint density at radius 3 is 2.70 bits per heavy atom. The van der Waals surface area contributed by atoms with Crippen LogP contribution in [0.25, 0.3) is 0 Å². The van der Waals surface area contributed by atoms with Gasteiger partial charge in [-0.2, -0.15) is 5.10 Å². The molecule has 0 spiro atoms. The SMILES string of the molecule is Cc1ccc(C=NNc2cccc([N+](=O)[O-])c2)c(C)c1. The van der Waals surface area contributed by atoms with E-state index < -0.39 is 4.92 Å². The van der Waals surface area contributed by atoms with Gasteiger partial charge in [0.15, 0.2) is 0 Å². The van der Waals surface area contributed by atoms with E-state index >= 15 is 0 Å². The highest BCUT2D eigenvalue weighted by atomic mass is 16.6. The molecule has 0 radical (unpaired) electrons. The quantitative estimate of drug-likeness (QED) is 0.523. The molecule has 2 rings (SSSR count). The van der Waals surface area contributed by atoms with Crippen molar-refractivity contribution in [1.29, 1.82) is 0 Å².